The first-order valence-electron chi connectivity index (χ1n) is 7.06. The summed E-state index contributed by atoms with van der Waals surface area (Å²) in [6.07, 6.45) is 0.448. The van der Waals surface area contributed by atoms with Crippen LogP contribution in [0.2, 0.25) is 0 Å². The van der Waals surface area contributed by atoms with Crippen molar-refractivity contribution in [1.29, 1.82) is 0 Å². The number of nitrogens with one attached hydrogen (secondary N) is 2. The van der Waals surface area contributed by atoms with Gasteiger partial charge in [-0.1, -0.05) is 31.5 Å². The third-order valence-electron chi connectivity index (χ3n) is 2.95. The summed E-state index contributed by atoms with van der Waals surface area (Å²) >= 11 is 0. The number of aryl methyl sites for hydroxylation is 2. The lowest BCUT2D eigenvalue weighted by molar-refractivity contribution is -0.121. The minimum atomic E-state index is -3.53. The number of carbonyl (C=O) groups excluding carboxylic acids is 1. The molecule has 0 aliphatic rings. The summed E-state index contributed by atoms with van der Waals surface area (Å²) in [7, 11) is -3.53. The van der Waals surface area contributed by atoms with Gasteiger partial charge in [0.1, 0.15) is 0 Å². The zero-order valence-electron chi connectivity index (χ0n) is 13.1. The maximum absolute atomic E-state index is 12.2. The summed E-state index contributed by atoms with van der Waals surface area (Å²) in [6.45, 7) is 8.08. The van der Waals surface area contributed by atoms with Gasteiger partial charge < -0.3 is 5.32 Å². The predicted octanol–water partition coefficient (Wildman–Crippen LogP) is 1.74. The molecule has 6 heteroatoms. The molecule has 0 aliphatic carbocycles. The zero-order chi connectivity index (χ0) is 16.0. The summed E-state index contributed by atoms with van der Waals surface area (Å²) in [4.78, 5) is 11.7. The number of benzene rings is 1. The molecule has 1 aromatic carbocycles. The fourth-order valence-corrected chi connectivity index (χ4v) is 3.27. The number of hydrogen-bond acceptors (Lipinski definition) is 3. The first kappa shape index (κ1) is 17.7. The highest BCUT2D eigenvalue weighted by Gasteiger charge is 2.16. The van der Waals surface area contributed by atoms with Crippen LogP contribution in [-0.4, -0.2) is 27.4 Å². The van der Waals surface area contributed by atoms with E-state index < -0.39 is 10.0 Å². The van der Waals surface area contributed by atoms with Gasteiger partial charge in [0.25, 0.3) is 0 Å². The molecule has 0 saturated heterocycles. The van der Waals surface area contributed by atoms with E-state index in [2.05, 4.69) is 10.0 Å². The van der Waals surface area contributed by atoms with Crippen molar-refractivity contribution in [3.63, 3.8) is 0 Å². The number of carbonyl (C=O) groups is 1. The third kappa shape index (κ3) is 5.85. The van der Waals surface area contributed by atoms with Crippen molar-refractivity contribution in [3.8, 4) is 0 Å². The van der Waals surface area contributed by atoms with E-state index in [9.17, 15) is 13.2 Å². The van der Waals surface area contributed by atoms with E-state index in [-0.39, 0.29) is 29.8 Å². The van der Waals surface area contributed by atoms with Gasteiger partial charge in [0, 0.05) is 19.5 Å². The number of rotatable bonds is 7. The second-order valence-electron chi connectivity index (χ2n) is 5.61. The highest BCUT2D eigenvalue weighted by atomic mass is 32.2. The number of sulfonamides is 1. The molecule has 0 saturated carbocycles. The van der Waals surface area contributed by atoms with E-state index in [1.165, 1.54) is 0 Å². The molecule has 0 bridgehead atoms. The fourth-order valence-electron chi connectivity index (χ4n) is 2.01. The van der Waals surface area contributed by atoms with Gasteiger partial charge in [-0.3, -0.25) is 4.79 Å². The standard InChI is InChI=1S/C15H24N2O3S/c1-11(2)9-15(18)16-7-8-17-21(19,20)14-6-5-12(3)10-13(14)4/h5-6,10-11,17H,7-9H2,1-4H3,(H,16,18). The molecule has 0 aromatic heterocycles. The SMILES string of the molecule is Cc1ccc(S(=O)(=O)NCCNC(=O)CC(C)C)c(C)c1. The quantitative estimate of drug-likeness (QED) is 0.753. The molecular formula is C15H24N2O3S. The van der Waals surface area contributed by atoms with Crippen molar-refractivity contribution in [2.24, 2.45) is 5.92 Å². The topological polar surface area (TPSA) is 75.3 Å². The van der Waals surface area contributed by atoms with Crippen LogP contribution in [0.3, 0.4) is 0 Å². The lowest BCUT2D eigenvalue weighted by Crippen LogP contribution is -2.35. The van der Waals surface area contributed by atoms with E-state index in [1.807, 2.05) is 26.8 Å². The first-order valence-corrected chi connectivity index (χ1v) is 8.54. The normalized spacial score (nSPS) is 11.7. The molecule has 118 valence electrons. The summed E-state index contributed by atoms with van der Waals surface area (Å²) in [6, 6.07) is 5.20. The van der Waals surface area contributed by atoms with Gasteiger partial charge in [0.2, 0.25) is 15.9 Å². The van der Waals surface area contributed by atoms with Crippen molar-refractivity contribution in [3.05, 3.63) is 29.3 Å². The Balaban J connectivity index is 2.52. The monoisotopic (exact) mass is 312 g/mol. The van der Waals surface area contributed by atoms with Gasteiger partial charge in [-0.15, -0.1) is 0 Å². The molecule has 0 atom stereocenters. The predicted molar refractivity (Wildman–Crippen MR) is 83.6 cm³/mol. The highest BCUT2D eigenvalue weighted by molar-refractivity contribution is 7.89. The molecule has 0 unspecified atom stereocenters. The van der Waals surface area contributed by atoms with Gasteiger partial charge in [0.15, 0.2) is 0 Å². The first-order chi connectivity index (χ1) is 9.72. The fraction of sp³-hybridized carbons (Fsp3) is 0.533. The van der Waals surface area contributed by atoms with Gasteiger partial charge >= 0.3 is 0 Å². The van der Waals surface area contributed by atoms with Gasteiger partial charge in [-0.05, 0) is 31.4 Å². The van der Waals surface area contributed by atoms with Gasteiger partial charge in [0.05, 0.1) is 4.90 Å². The van der Waals surface area contributed by atoms with Crippen molar-refractivity contribution >= 4 is 15.9 Å². The molecular weight excluding hydrogens is 288 g/mol. The molecule has 0 spiro atoms. The van der Waals surface area contributed by atoms with Crippen LogP contribution in [-0.2, 0) is 14.8 Å². The molecule has 2 N–H and O–H groups in total. The van der Waals surface area contributed by atoms with E-state index in [4.69, 9.17) is 0 Å². The van der Waals surface area contributed by atoms with Crippen molar-refractivity contribution in [2.75, 3.05) is 13.1 Å². The van der Waals surface area contributed by atoms with E-state index in [0.717, 1.165) is 5.56 Å². The Bertz CT molecular complexity index is 595. The van der Waals surface area contributed by atoms with Crippen LogP contribution >= 0.6 is 0 Å². The summed E-state index contributed by atoms with van der Waals surface area (Å²) in [5.74, 6) is 0.229. The zero-order valence-corrected chi connectivity index (χ0v) is 13.9. The maximum Gasteiger partial charge on any atom is 0.240 e. The Morgan fingerprint density at radius 2 is 1.86 bits per heavy atom. The smallest absolute Gasteiger partial charge is 0.240 e. The molecule has 5 nitrogen and oxygen atoms in total. The average molecular weight is 312 g/mol. The third-order valence-corrected chi connectivity index (χ3v) is 4.57. The van der Waals surface area contributed by atoms with Crippen LogP contribution in [0.4, 0.5) is 0 Å². The minimum absolute atomic E-state index is 0.0595. The van der Waals surface area contributed by atoms with Crippen molar-refractivity contribution < 1.29 is 13.2 Å². The molecule has 0 heterocycles. The summed E-state index contributed by atoms with van der Waals surface area (Å²) < 4.78 is 26.8. The van der Waals surface area contributed by atoms with Crippen LogP contribution in [0.15, 0.2) is 23.1 Å². The van der Waals surface area contributed by atoms with Crippen molar-refractivity contribution in [2.45, 2.75) is 39.0 Å². The molecule has 0 radical (unpaired) electrons. The van der Waals surface area contributed by atoms with E-state index >= 15 is 0 Å². The largest absolute Gasteiger partial charge is 0.355 e. The van der Waals surface area contributed by atoms with Crippen molar-refractivity contribution in [1.82, 2.24) is 10.0 Å². The molecule has 1 amide bonds. The lowest BCUT2D eigenvalue weighted by Gasteiger charge is -2.11. The van der Waals surface area contributed by atoms with Crippen LogP contribution in [0.5, 0.6) is 0 Å². The Morgan fingerprint density at radius 1 is 1.19 bits per heavy atom. The van der Waals surface area contributed by atoms with Crippen LogP contribution in [0.1, 0.15) is 31.4 Å². The minimum Gasteiger partial charge on any atom is -0.355 e. The average Bonchev–Trinajstić information content (AvgIpc) is 2.33. The second-order valence-corrected chi connectivity index (χ2v) is 7.35. The van der Waals surface area contributed by atoms with E-state index in [0.29, 0.717) is 12.0 Å². The maximum atomic E-state index is 12.2. The molecule has 21 heavy (non-hydrogen) atoms. The molecule has 0 fully saturated rings. The Kier molecular flexibility index (Phi) is 6.36. The summed E-state index contributed by atoms with van der Waals surface area (Å²) in [5, 5.41) is 2.70. The van der Waals surface area contributed by atoms with Crippen LogP contribution in [0.25, 0.3) is 0 Å². The summed E-state index contributed by atoms with van der Waals surface area (Å²) in [5.41, 5.74) is 1.73. The second kappa shape index (κ2) is 7.56. The molecule has 0 aliphatic heterocycles. The molecule has 1 aromatic rings. The van der Waals surface area contributed by atoms with Crippen LogP contribution < -0.4 is 10.0 Å². The Labute approximate surface area is 127 Å². The van der Waals surface area contributed by atoms with Gasteiger partial charge in [-0.25, -0.2) is 13.1 Å². The Morgan fingerprint density at radius 3 is 2.43 bits per heavy atom. The Hall–Kier alpha value is -1.40. The number of amides is 1. The highest BCUT2D eigenvalue weighted by Crippen LogP contribution is 2.15. The van der Waals surface area contributed by atoms with Gasteiger partial charge in [-0.2, -0.15) is 0 Å². The molecule has 1 rings (SSSR count). The number of hydrogen-bond donors (Lipinski definition) is 2. The van der Waals surface area contributed by atoms with E-state index in [1.54, 1.807) is 19.1 Å². The lowest BCUT2D eigenvalue weighted by atomic mass is 10.1. The van der Waals surface area contributed by atoms with Crippen LogP contribution in [0, 0.1) is 19.8 Å².